The van der Waals surface area contributed by atoms with Crippen LogP contribution in [0, 0.1) is 11.8 Å². The minimum absolute atomic E-state index is 0.0448. The third-order valence-electron chi connectivity index (χ3n) is 9.16. The van der Waals surface area contributed by atoms with Gasteiger partial charge in [0.2, 0.25) is 11.9 Å². The van der Waals surface area contributed by atoms with Gasteiger partial charge in [0, 0.05) is 31.0 Å². The van der Waals surface area contributed by atoms with Gasteiger partial charge in [-0.2, -0.15) is 0 Å². The summed E-state index contributed by atoms with van der Waals surface area (Å²) in [7, 11) is 0. The molecule has 2 fully saturated rings. The van der Waals surface area contributed by atoms with Crippen molar-refractivity contribution in [3.63, 3.8) is 0 Å². The molecule has 0 radical (unpaired) electrons. The highest BCUT2D eigenvalue weighted by atomic mass is 35.5. The van der Waals surface area contributed by atoms with Crippen LogP contribution in [0.2, 0.25) is 5.02 Å². The molecule has 0 spiro atoms. The smallest absolute Gasteiger partial charge is 0.244 e. The molecule has 43 heavy (non-hydrogen) atoms. The summed E-state index contributed by atoms with van der Waals surface area (Å²) in [4.78, 5) is 29.7. The van der Waals surface area contributed by atoms with E-state index in [0.717, 1.165) is 52.9 Å². The fraction of sp³-hybridized carbons (Fsp3) is 0.412. The molecule has 1 unspecified atom stereocenters. The maximum absolute atomic E-state index is 12.3. The first-order valence-electron chi connectivity index (χ1n) is 15.4. The second-order valence-corrected chi connectivity index (χ2v) is 12.6. The van der Waals surface area contributed by atoms with E-state index in [9.17, 15) is 4.79 Å². The van der Waals surface area contributed by atoms with Crippen LogP contribution in [-0.2, 0) is 16.1 Å². The second-order valence-electron chi connectivity index (χ2n) is 12.2. The van der Waals surface area contributed by atoms with Crippen molar-refractivity contribution in [3.8, 4) is 11.3 Å². The first kappa shape index (κ1) is 28.0. The van der Waals surface area contributed by atoms with Crippen LogP contribution >= 0.6 is 11.6 Å². The minimum Gasteiger partial charge on any atom is -0.377 e. The van der Waals surface area contributed by atoms with Gasteiger partial charge in [0.1, 0.15) is 0 Å². The summed E-state index contributed by atoms with van der Waals surface area (Å²) >= 11 is 6.48. The average molecular weight is 597 g/mol. The standard InChI is InChI=1S/C34H37ClN6O2/c1-22-10-12-23(13-11-22)20-41-33-29(39-34(41)40-14-15-43-21-30(40)24-6-3-2-4-7-24)17-28(27-8-5-9-31(42)37-27)38-32(33)25-16-26(35)19-36-18-25/h2-7,9,16-19,22-23,27,30H,8,10-15,20-21H2,1H3,(H,37,42)/t22?,23?,27?,30-/m0/s1. The number of aromatic nitrogens is 4. The number of hydrogen-bond acceptors (Lipinski definition) is 6. The first-order valence-corrected chi connectivity index (χ1v) is 15.8. The van der Waals surface area contributed by atoms with Crippen LogP contribution in [0.25, 0.3) is 22.3 Å². The van der Waals surface area contributed by atoms with Crippen LogP contribution in [0.1, 0.15) is 62.4 Å². The summed E-state index contributed by atoms with van der Waals surface area (Å²) in [5, 5.41) is 3.63. The SMILES string of the molecule is CC1CCC(Cn2c(N3CCOC[C@H]3c3ccccc3)nc3cc(C4CC=CC(=O)N4)nc(-c4cncc(Cl)c4)c32)CC1. The van der Waals surface area contributed by atoms with Crippen LogP contribution in [0.3, 0.4) is 0 Å². The Morgan fingerprint density at radius 2 is 1.91 bits per heavy atom. The number of carbonyl (C=O) groups excluding carboxylic acids is 1. The quantitative estimate of drug-likeness (QED) is 0.268. The van der Waals surface area contributed by atoms with Crippen molar-refractivity contribution >= 4 is 34.5 Å². The second kappa shape index (κ2) is 12.1. The highest BCUT2D eigenvalue weighted by Gasteiger charge is 2.32. The van der Waals surface area contributed by atoms with Crippen molar-refractivity contribution in [1.29, 1.82) is 0 Å². The number of imidazole rings is 1. The topological polar surface area (TPSA) is 85.2 Å². The van der Waals surface area contributed by atoms with Crippen molar-refractivity contribution in [2.45, 2.75) is 57.7 Å². The number of morpholine rings is 1. The molecule has 1 saturated carbocycles. The lowest BCUT2D eigenvalue weighted by Crippen LogP contribution is -2.41. The van der Waals surface area contributed by atoms with Gasteiger partial charge in [0.25, 0.3) is 0 Å². The zero-order valence-corrected chi connectivity index (χ0v) is 25.2. The third kappa shape index (κ3) is 5.78. The fourth-order valence-electron chi connectivity index (χ4n) is 6.83. The Bertz CT molecular complexity index is 1650. The molecule has 9 heteroatoms. The van der Waals surface area contributed by atoms with E-state index in [4.69, 9.17) is 26.3 Å². The lowest BCUT2D eigenvalue weighted by molar-refractivity contribution is -0.117. The van der Waals surface area contributed by atoms with Gasteiger partial charge in [-0.25, -0.2) is 9.97 Å². The van der Waals surface area contributed by atoms with Crippen molar-refractivity contribution in [1.82, 2.24) is 24.8 Å². The minimum atomic E-state index is -0.235. The normalized spacial score (nSPS) is 24.3. The maximum atomic E-state index is 12.3. The third-order valence-corrected chi connectivity index (χ3v) is 9.37. The van der Waals surface area contributed by atoms with E-state index < -0.39 is 0 Å². The molecule has 4 aromatic rings. The van der Waals surface area contributed by atoms with Gasteiger partial charge in [0.15, 0.2) is 0 Å². The molecular weight excluding hydrogens is 560 g/mol. The number of amides is 1. The molecule has 1 amide bonds. The number of pyridine rings is 2. The average Bonchev–Trinajstić information content (AvgIpc) is 3.40. The maximum Gasteiger partial charge on any atom is 0.244 e. The molecule has 0 bridgehead atoms. The monoisotopic (exact) mass is 596 g/mol. The zero-order valence-electron chi connectivity index (χ0n) is 24.5. The highest BCUT2D eigenvalue weighted by molar-refractivity contribution is 6.30. The molecule has 1 N–H and O–H groups in total. The van der Waals surface area contributed by atoms with Gasteiger partial charge >= 0.3 is 0 Å². The van der Waals surface area contributed by atoms with Crippen LogP contribution in [-0.4, -0.2) is 45.2 Å². The van der Waals surface area contributed by atoms with Gasteiger partial charge in [-0.15, -0.1) is 0 Å². The van der Waals surface area contributed by atoms with Gasteiger partial charge in [0.05, 0.1) is 52.7 Å². The summed E-state index contributed by atoms with van der Waals surface area (Å²) in [5.74, 6) is 2.15. The molecule has 1 saturated heterocycles. The number of fused-ring (bicyclic) bond motifs is 1. The number of hydrogen-bond donors (Lipinski definition) is 1. The molecule has 2 atom stereocenters. The van der Waals surface area contributed by atoms with E-state index >= 15 is 0 Å². The molecule has 5 heterocycles. The van der Waals surface area contributed by atoms with Gasteiger partial charge < -0.3 is 19.5 Å². The van der Waals surface area contributed by atoms with E-state index in [1.165, 1.54) is 31.2 Å². The first-order chi connectivity index (χ1) is 21.0. The van der Waals surface area contributed by atoms with Crippen LogP contribution in [0.15, 0.2) is 67.0 Å². The predicted octanol–water partition coefficient (Wildman–Crippen LogP) is 6.67. The highest BCUT2D eigenvalue weighted by Crippen LogP contribution is 2.39. The number of nitrogens with zero attached hydrogens (tertiary/aromatic N) is 5. The Morgan fingerprint density at radius 3 is 2.70 bits per heavy atom. The fourth-order valence-corrected chi connectivity index (χ4v) is 7.00. The molecular formula is C34H37ClN6O2. The number of halogens is 1. The predicted molar refractivity (Wildman–Crippen MR) is 169 cm³/mol. The van der Waals surface area contributed by atoms with Crippen molar-refractivity contribution < 1.29 is 9.53 Å². The van der Waals surface area contributed by atoms with Crippen LogP contribution < -0.4 is 10.2 Å². The van der Waals surface area contributed by atoms with E-state index in [0.29, 0.717) is 30.6 Å². The Morgan fingerprint density at radius 1 is 1.07 bits per heavy atom. The van der Waals surface area contributed by atoms with Gasteiger partial charge in [-0.3, -0.25) is 9.78 Å². The number of anilines is 1. The van der Waals surface area contributed by atoms with Crippen molar-refractivity contribution in [3.05, 3.63) is 83.3 Å². The molecule has 2 aliphatic heterocycles. The number of nitrogens with one attached hydrogen (secondary N) is 1. The van der Waals surface area contributed by atoms with Crippen molar-refractivity contribution in [2.75, 3.05) is 24.7 Å². The molecule has 7 rings (SSSR count). The van der Waals surface area contributed by atoms with Crippen LogP contribution in [0.5, 0.6) is 0 Å². The molecule has 1 aromatic carbocycles. The Kier molecular flexibility index (Phi) is 7.89. The van der Waals surface area contributed by atoms with E-state index in [1.807, 2.05) is 18.3 Å². The van der Waals surface area contributed by atoms with E-state index in [1.54, 1.807) is 12.3 Å². The number of ether oxygens (including phenoxy) is 1. The molecule has 3 aromatic heterocycles. The van der Waals surface area contributed by atoms with Crippen molar-refractivity contribution in [2.24, 2.45) is 11.8 Å². The summed E-state index contributed by atoms with van der Waals surface area (Å²) in [6.07, 6.45) is 12.5. The molecule has 222 valence electrons. The summed E-state index contributed by atoms with van der Waals surface area (Å²) in [6.45, 7) is 5.21. The largest absolute Gasteiger partial charge is 0.377 e. The number of benzene rings is 1. The summed E-state index contributed by atoms with van der Waals surface area (Å²) in [6, 6.07) is 14.3. The molecule has 8 nitrogen and oxygen atoms in total. The Labute approximate surface area is 257 Å². The summed E-state index contributed by atoms with van der Waals surface area (Å²) in [5.41, 5.74) is 5.47. The zero-order chi connectivity index (χ0) is 29.3. The summed E-state index contributed by atoms with van der Waals surface area (Å²) < 4.78 is 8.42. The lowest BCUT2D eigenvalue weighted by atomic mass is 9.83. The Balaban J connectivity index is 1.43. The van der Waals surface area contributed by atoms with Gasteiger partial charge in [-0.05, 0) is 54.9 Å². The number of carbonyl (C=O) groups is 1. The molecule has 3 aliphatic rings. The van der Waals surface area contributed by atoms with E-state index in [2.05, 4.69) is 63.1 Å². The van der Waals surface area contributed by atoms with Crippen LogP contribution in [0.4, 0.5) is 5.95 Å². The van der Waals surface area contributed by atoms with Gasteiger partial charge in [-0.1, -0.05) is 67.8 Å². The van der Waals surface area contributed by atoms with E-state index in [-0.39, 0.29) is 18.0 Å². The molecule has 1 aliphatic carbocycles. The number of rotatable bonds is 6. The Hall–Kier alpha value is -3.75. The lowest BCUT2D eigenvalue weighted by Gasteiger charge is -2.37.